The molecule has 13 heavy (non-hydrogen) atoms. The fourth-order valence-electron chi connectivity index (χ4n) is 1.56. The predicted octanol–water partition coefficient (Wildman–Crippen LogP) is 2.33. The van der Waals surface area contributed by atoms with Crippen molar-refractivity contribution < 1.29 is 10.2 Å². The van der Waals surface area contributed by atoms with Crippen LogP contribution >= 0.6 is 0 Å². The number of aliphatic hydroxyl groups excluding tert-OH is 2. The van der Waals surface area contributed by atoms with E-state index in [1.165, 1.54) is 12.8 Å². The Labute approximate surface area is 82.0 Å². The molecule has 2 nitrogen and oxygen atoms in total. The van der Waals surface area contributed by atoms with E-state index in [9.17, 15) is 10.2 Å². The minimum absolute atomic E-state index is 0.524. The van der Waals surface area contributed by atoms with Gasteiger partial charge in [0.05, 0.1) is 12.2 Å². The second-order valence-electron chi connectivity index (χ2n) is 4.01. The normalized spacial score (nSPS) is 18.2. The molecule has 0 aromatic heterocycles. The summed E-state index contributed by atoms with van der Waals surface area (Å²) >= 11 is 0. The van der Waals surface area contributed by atoms with E-state index in [0.717, 1.165) is 12.8 Å². The minimum atomic E-state index is -0.533. The van der Waals surface area contributed by atoms with Gasteiger partial charge in [0.15, 0.2) is 0 Å². The van der Waals surface area contributed by atoms with Crippen molar-refractivity contribution in [3.05, 3.63) is 0 Å². The minimum Gasteiger partial charge on any atom is -0.390 e. The van der Waals surface area contributed by atoms with Gasteiger partial charge < -0.3 is 10.2 Å². The molecule has 0 aliphatic heterocycles. The highest BCUT2D eigenvalue weighted by molar-refractivity contribution is 4.66. The van der Waals surface area contributed by atoms with Crippen LogP contribution in [0.15, 0.2) is 0 Å². The van der Waals surface area contributed by atoms with Crippen molar-refractivity contribution in [2.75, 3.05) is 0 Å². The van der Waals surface area contributed by atoms with Crippen LogP contribution in [0.25, 0.3) is 0 Å². The highest BCUT2D eigenvalue weighted by Gasteiger charge is 2.14. The molecular weight excluding hydrogens is 164 g/mol. The average Bonchev–Trinajstić information content (AvgIpc) is 2.13. The standard InChI is InChI=1S/C11H24O2/c1-4-6-9(3)7-8-11(13)10(12)5-2/h9-13H,4-8H2,1-3H3. The van der Waals surface area contributed by atoms with Gasteiger partial charge in [0.1, 0.15) is 0 Å². The Bertz CT molecular complexity index is 115. The second kappa shape index (κ2) is 7.34. The molecular formula is C11H24O2. The van der Waals surface area contributed by atoms with Gasteiger partial charge in [0.2, 0.25) is 0 Å². The molecule has 2 heteroatoms. The Morgan fingerprint density at radius 1 is 0.923 bits per heavy atom. The van der Waals surface area contributed by atoms with E-state index < -0.39 is 12.2 Å². The summed E-state index contributed by atoms with van der Waals surface area (Å²) in [6.45, 7) is 6.27. The summed E-state index contributed by atoms with van der Waals surface area (Å²) in [6, 6.07) is 0. The number of hydrogen-bond acceptors (Lipinski definition) is 2. The van der Waals surface area contributed by atoms with Gasteiger partial charge in [0, 0.05) is 0 Å². The molecule has 0 heterocycles. The van der Waals surface area contributed by atoms with Gasteiger partial charge in [-0.15, -0.1) is 0 Å². The molecule has 3 atom stereocenters. The van der Waals surface area contributed by atoms with Crippen LogP contribution in [0.1, 0.15) is 52.9 Å². The monoisotopic (exact) mass is 188 g/mol. The Morgan fingerprint density at radius 3 is 2.00 bits per heavy atom. The number of hydrogen-bond donors (Lipinski definition) is 2. The van der Waals surface area contributed by atoms with Gasteiger partial charge in [-0.05, 0) is 25.2 Å². The van der Waals surface area contributed by atoms with E-state index in [-0.39, 0.29) is 0 Å². The first-order valence-corrected chi connectivity index (χ1v) is 5.47. The molecule has 0 saturated heterocycles. The fraction of sp³-hybridized carbons (Fsp3) is 1.00. The van der Waals surface area contributed by atoms with E-state index in [1.807, 2.05) is 6.92 Å². The van der Waals surface area contributed by atoms with Gasteiger partial charge in [-0.1, -0.05) is 33.6 Å². The molecule has 0 bridgehead atoms. The lowest BCUT2D eigenvalue weighted by molar-refractivity contribution is 0.00943. The predicted molar refractivity (Wildman–Crippen MR) is 55.6 cm³/mol. The highest BCUT2D eigenvalue weighted by atomic mass is 16.3. The first-order valence-electron chi connectivity index (χ1n) is 5.47. The Morgan fingerprint density at radius 2 is 1.54 bits per heavy atom. The lowest BCUT2D eigenvalue weighted by Gasteiger charge is -2.18. The van der Waals surface area contributed by atoms with Gasteiger partial charge in [-0.3, -0.25) is 0 Å². The molecule has 0 fully saturated rings. The lowest BCUT2D eigenvalue weighted by Crippen LogP contribution is -2.25. The van der Waals surface area contributed by atoms with Crippen LogP contribution < -0.4 is 0 Å². The largest absolute Gasteiger partial charge is 0.390 e. The fourth-order valence-corrected chi connectivity index (χ4v) is 1.56. The summed E-state index contributed by atoms with van der Waals surface area (Å²) in [4.78, 5) is 0. The van der Waals surface area contributed by atoms with Gasteiger partial charge >= 0.3 is 0 Å². The lowest BCUT2D eigenvalue weighted by atomic mass is 9.96. The zero-order valence-electron chi connectivity index (χ0n) is 9.16. The molecule has 0 amide bonds. The van der Waals surface area contributed by atoms with E-state index in [0.29, 0.717) is 12.3 Å². The summed E-state index contributed by atoms with van der Waals surface area (Å²) in [5.41, 5.74) is 0. The van der Waals surface area contributed by atoms with Gasteiger partial charge in [0.25, 0.3) is 0 Å². The molecule has 0 aromatic rings. The van der Waals surface area contributed by atoms with Crippen molar-refractivity contribution in [2.24, 2.45) is 5.92 Å². The van der Waals surface area contributed by atoms with E-state index in [2.05, 4.69) is 13.8 Å². The summed E-state index contributed by atoms with van der Waals surface area (Å²) in [5.74, 6) is 0.670. The molecule has 0 rings (SSSR count). The first kappa shape index (κ1) is 12.9. The van der Waals surface area contributed by atoms with Crippen molar-refractivity contribution in [3.63, 3.8) is 0 Å². The summed E-state index contributed by atoms with van der Waals surface area (Å²) in [6.07, 6.45) is 3.76. The third-order valence-electron chi connectivity index (χ3n) is 2.60. The Hall–Kier alpha value is -0.0800. The van der Waals surface area contributed by atoms with Crippen molar-refractivity contribution in [2.45, 2.75) is 65.1 Å². The Kier molecular flexibility index (Phi) is 7.29. The Balaban J connectivity index is 3.50. The van der Waals surface area contributed by atoms with Crippen LogP contribution in [0.5, 0.6) is 0 Å². The van der Waals surface area contributed by atoms with Crippen LogP contribution in [0, 0.1) is 5.92 Å². The van der Waals surface area contributed by atoms with Crippen LogP contribution in [0.4, 0.5) is 0 Å². The average molecular weight is 188 g/mol. The van der Waals surface area contributed by atoms with Gasteiger partial charge in [-0.25, -0.2) is 0 Å². The van der Waals surface area contributed by atoms with Crippen LogP contribution in [-0.2, 0) is 0 Å². The van der Waals surface area contributed by atoms with Gasteiger partial charge in [-0.2, -0.15) is 0 Å². The van der Waals surface area contributed by atoms with E-state index in [4.69, 9.17) is 0 Å². The molecule has 2 N–H and O–H groups in total. The summed E-state index contributed by atoms with van der Waals surface area (Å²) < 4.78 is 0. The molecule has 80 valence electrons. The van der Waals surface area contributed by atoms with Crippen molar-refractivity contribution in [3.8, 4) is 0 Å². The second-order valence-corrected chi connectivity index (χ2v) is 4.01. The molecule has 0 spiro atoms. The van der Waals surface area contributed by atoms with Crippen molar-refractivity contribution >= 4 is 0 Å². The molecule has 0 aromatic carbocycles. The maximum absolute atomic E-state index is 9.48. The third kappa shape index (κ3) is 6.05. The smallest absolute Gasteiger partial charge is 0.0799 e. The molecule has 3 unspecified atom stereocenters. The molecule has 0 saturated carbocycles. The zero-order chi connectivity index (χ0) is 10.3. The molecule has 0 radical (unpaired) electrons. The van der Waals surface area contributed by atoms with Crippen LogP contribution in [0.2, 0.25) is 0 Å². The van der Waals surface area contributed by atoms with Crippen molar-refractivity contribution in [1.82, 2.24) is 0 Å². The number of rotatable bonds is 7. The van der Waals surface area contributed by atoms with Crippen molar-refractivity contribution in [1.29, 1.82) is 0 Å². The van der Waals surface area contributed by atoms with E-state index in [1.54, 1.807) is 0 Å². The van der Waals surface area contributed by atoms with Crippen LogP contribution in [-0.4, -0.2) is 22.4 Å². The summed E-state index contributed by atoms with van der Waals surface area (Å²) in [7, 11) is 0. The third-order valence-corrected chi connectivity index (χ3v) is 2.60. The number of aliphatic hydroxyl groups is 2. The first-order chi connectivity index (χ1) is 6.11. The maximum Gasteiger partial charge on any atom is 0.0799 e. The molecule has 0 aliphatic rings. The van der Waals surface area contributed by atoms with E-state index >= 15 is 0 Å². The maximum atomic E-state index is 9.48. The quantitative estimate of drug-likeness (QED) is 0.644. The SMILES string of the molecule is CCCC(C)CCC(O)C(O)CC. The summed E-state index contributed by atoms with van der Waals surface area (Å²) in [5, 5.41) is 18.8. The molecule has 0 aliphatic carbocycles. The van der Waals surface area contributed by atoms with Crippen LogP contribution in [0.3, 0.4) is 0 Å². The zero-order valence-corrected chi connectivity index (χ0v) is 9.16. The highest BCUT2D eigenvalue weighted by Crippen LogP contribution is 2.15. The topological polar surface area (TPSA) is 40.5 Å².